The van der Waals surface area contributed by atoms with Gasteiger partial charge in [-0.2, -0.15) is 5.10 Å². The van der Waals surface area contributed by atoms with Crippen molar-refractivity contribution in [3.05, 3.63) is 41.7 Å². The molecule has 1 aliphatic heterocycles. The third-order valence-corrected chi connectivity index (χ3v) is 4.36. The predicted molar refractivity (Wildman–Crippen MR) is 95.1 cm³/mol. The Balaban J connectivity index is 1.80. The van der Waals surface area contributed by atoms with Gasteiger partial charge in [0.1, 0.15) is 5.82 Å². The zero-order valence-electron chi connectivity index (χ0n) is 15.3. The van der Waals surface area contributed by atoms with E-state index in [2.05, 4.69) is 25.5 Å². The van der Waals surface area contributed by atoms with Gasteiger partial charge in [0, 0.05) is 37.0 Å². The summed E-state index contributed by atoms with van der Waals surface area (Å²) in [5.74, 6) is 1.46. The highest BCUT2D eigenvalue weighted by atomic mass is 16.2. The highest BCUT2D eigenvalue weighted by molar-refractivity contribution is 5.94. The van der Waals surface area contributed by atoms with Gasteiger partial charge in [0.05, 0.1) is 6.04 Å². The Morgan fingerprint density at radius 1 is 1.35 bits per heavy atom. The summed E-state index contributed by atoms with van der Waals surface area (Å²) >= 11 is 0. The van der Waals surface area contributed by atoms with Gasteiger partial charge in [-0.25, -0.2) is 4.98 Å². The molecule has 8 nitrogen and oxygen atoms in total. The molecule has 3 rings (SSSR count). The number of likely N-dealkylation sites (tertiary alicyclic amines) is 1. The lowest BCUT2D eigenvalue weighted by Crippen LogP contribution is -2.39. The van der Waals surface area contributed by atoms with Crippen molar-refractivity contribution in [3.8, 4) is 0 Å². The van der Waals surface area contributed by atoms with Crippen molar-refractivity contribution in [2.45, 2.75) is 45.7 Å². The van der Waals surface area contributed by atoms with Gasteiger partial charge in [0.25, 0.3) is 5.91 Å². The normalized spacial score (nSPS) is 19.8. The van der Waals surface area contributed by atoms with E-state index in [1.54, 1.807) is 29.4 Å². The number of aromatic nitrogens is 4. The molecule has 2 aromatic rings. The van der Waals surface area contributed by atoms with E-state index in [-0.39, 0.29) is 29.8 Å². The number of carbonyl (C=O) groups excluding carboxylic acids is 2. The first kappa shape index (κ1) is 18.0. The van der Waals surface area contributed by atoms with Crippen LogP contribution >= 0.6 is 0 Å². The van der Waals surface area contributed by atoms with Crippen LogP contribution in [0.2, 0.25) is 0 Å². The third kappa shape index (κ3) is 4.07. The maximum absolute atomic E-state index is 13.0. The van der Waals surface area contributed by atoms with E-state index in [0.29, 0.717) is 36.6 Å². The van der Waals surface area contributed by atoms with Crippen LogP contribution in [-0.2, 0) is 4.79 Å². The first-order valence-corrected chi connectivity index (χ1v) is 8.83. The second-order valence-electron chi connectivity index (χ2n) is 7.09. The van der Waals surface area contributed by atoms with Crippen LogP contribution in [0.1, 0.15) is 54.7 Å². The van der Waals surface area contributed by atoms with Crippen molar-refractivity contribution in [1.82, 2.24) is 30.4 Å². The van der Waals surface area contributed by atoms with Gasteiger partial charge >= 0.3 is 0 Å². The fourth-order valence-corrected chi connectivity index (χ4v) is 3.24. The number of rotatable bonds is 5. The minimum absolute atomic E-state index is 0.00753. The fraction of sp³-hybridized carbons (Fsp3) is 0.500. The molecule has 0 unspecified atom stereocenters. The lowest BCUT2D eigenvalue weighted by atomic mass is 10.1. The summed E-state index contributed by atoms with van der Waals surface area (Å²) < 4.78 is 0. The number of carbonyl (C=O) groups is 2. The van der Waals surface area contributed by atoms with Gasteiger partial charge in [-0.3, -0.25) is 19.7 Å². The minimum Gasteiger partial charge on any atom is -0.351 e. The van der Waals surface area contributed by atoms with E-state index in [1.807, 2.05) is 20.8 Å². The summed E-state index contributed by atoms with van der Waals surface area (Å²) in [7, 11) is 0. The number of pyridine rings is 1. The van der Waals surface area contributed by atoms with Gasteiger partial charge in [-0.05, 0) is 31.4 Å². The average molecular weight is 356 g/mol. The Labute approximate surface area is 152 Å². The van der Waals surface area contributed by atoms with Crippen molar-refractivity contribution in [2.24, 2.45) is 5.92 Å². The van der Waals surface area contributed by atoms with E-state index in [9.17, 15) is 9.59 Å². The molecule has 2 aromatic heterocycles. The maximum Gasteiger partial charge on any atom is 0.254 e. The third-order valence-electron chi connectivity index (χ3n) is 4.36. The number of H-pyrrole nitrogens is 1. The topological polar surface area (TPSA) is 104 Å². The monoisotopic (exact) mass is 356 g/mol. The number of hydrogen-bond acceptors (Lipinski definition) is 5. The quantitative estimate of drug-likeness (QED) is 0.847. The van der Waals surface area contributed by atoms with Crippen molar-refractivity contribution < 1.29 is 9.59 Å². The van der Waals surface area contributed by atoms with Gasteiger partial charge < -0.3 is 10.2 Å². The van der Waals surface area contributed by atoms with E-state index in [0.717, 1.165) is 0 Å². The summed E-state index contributed by atoms with van der Waals surface area (Å²) in [6.07, 6.45) is 4.26. The Bertz CT molecular complexity index is 773. The van der Waals surface area contributed by atoms with E-state index < -0.39 is 0 Å². The van der Waals surface area contributed by atoms with Crippen LogP contribution in [0.5, 0.6) is 0 Å². The highest BCUT2D eigenvalue weighted by Gasteiger charge is 2.39. The predicted octanol–water partition coefficient (Wildman–Crippen LogP) is 1.63. The number of aryl methyl sites for hydroxylation is 1. The number of aromatic amines is 1. The molecule has 3 heterocycles. The summed E-state index contributed by atoms with van der Waals surface area (Å²) in [5, 5.41) is 10.1. The Hall–Kier alpha value is -2.77. The molecule has 0 aliphatic carbocycles. The number of nitrogens with one attached hydrogen (secondary N) is 2. The minimum atomic E-state index is -0.273. The van der Waals surface area contributed by atoms with E-state index in [4.69, 9.17) is 0 Å². The fourth-order valence-electron chi connectivity index (χ4n) is 3.24. The molecule has 2 atom stereocenters. The van der Waals surface area contributed by atoms with E-state index >= 15 is 0 Å². The van der Waals surface area contributed by atoms with Crippen molar-refractivity contribution >= 4 is 11.8 Å². The summed E-state index contributed by atoms with van der Waals surface area (Å²) in [4.78, 5) is 35.2. The van der Waals surface area contributed by atoms with Gasteiger partial charge in [-0.15, -0.1) is 0 Å². The lowest BCUT2D eigenvalue weighted by Gasteiger charge is -2.22. The molecule has 0 radical (unpaired) electrons. The maximum atomic E-state index is 13.0. The summed E-state index contributed by atoms with van der Waals surface area (Å²) in [6, 6.07) is 2.99. The summed E-state index contributed by atoms with van der Waals surface area (Å²) in [5.41, 5.74) is 0.561. The largest absolute Gasteiger partial charge is 0.351 e. The molecule has 2 amide bonds. The van der Waals surface area contributed by atoms with Crippen LogP contribution in [0.3, 0.4) is 0 Å². The molecule has 1 aliphatic rings. The van der Waals surface area contributed by atoms with Crippen LogP contribution in [0.25, 0.3) is 0 Å². The van der Waals surface area contributed by atoms with Crippen LogP contribution < -0.4 is 5.32 Å². The number of nitrogens with zero attached hydrogens (tertiary/aromatic N) is 4. The molecule has 1 saturated heterocycles. The molecule has 0 aromatic carbocycles. The second kappa shape index (κ2) is 7.63. The van der Waals surface area contributed by atoms with E-state index in [1.165, 1.54) is 0 Å². The Kier molecular flexibility index (Phi) is 5.29. The summed E-state index contributed by atoms with van der Waals surface area (Å²) in [6.45, 7) is 6.27. The van der Waals surface area contributed by atoms with Crippen molar-refractivity contribution in [3.63, 3.8) is 0 Å². The molecule has 8 heteroatoms. The standard InChI is InChI=1S/C18H24N6O2/c1-11(2)8-16(25)21-14-9-15(17-20-12(3)22-23-17)24(10-14)18(26)13-4-6-19-7-5-13/h4-7,11,14-15H,8-10H2,1-3H3,(H,21,25)(H,20,22,23)/t14-,15-/m0/s1. The molecule has 138 valence electrons. The van der Waals surface area contributed by atoms with Crippen LogP contribution in [0.4, 0.5) is 0 Å². The molecule has 1 fully saturated rings. The molecule has 26 heavy (non-hydrogen) atoms. The van der Waals surface area contributed by atoms with Crippen LogP contribution in [-0.4, -0.2) is 49.5 Å². The van der Waals surface area contributed by atoms with Crippen molar-refractivity contribution in [1.29, 1.82) is 0 Å². The van der Waals surface area contributed by atoms with Gasteiger partial charge in [-0.1, -0.05) is 13.8 Å². The highest BCUT2D eigenvalue weighted by Crippen LogP contribution is 2.31. The SMILES string of the molecule is Cc1nc([C@@H]2C[C@H](NC(=O)CC(C)C)CN2C(=O)c2ccncc2)n[nH]1. The van der Waals surface area contributed by atoms with Crippen LogP contribution in [0.15, 0.2) is 24.5 Å². The first-order chi connectivity index (χ1) is 12.4. The number of hydrogen-bond donors (Lipinski definition) is 2. The second-order valence-corrected chi connectivity index (χ2v) is 7.09. The smallest absolute Gasteiger partial charge is 0.254 e. The zero-order chi connectivity index (χ0) is 18.7. The average Bonchev–Trinajstić information content (AvgIpc) is 3.20. The van der Waals surface area contributed by atoms with Crippen LogP contribution in [0, 0.1) is 12.8 Å². The molecule has 0 saturated carbocycles. The molecule has 0 spiro atoms. The van der Waals surface area contributed by atoms with Gasteiger partial charge in [0.15, 0.2) is 5.82 Å². The number of amides is 2. The Morgan fingerprint density at radius 3 is 2.69 bits per heavy atom. The molecular formula is C18H24N6O2. The zero-order valence-corrected chi connectivity index (χ0v) is 15.3. The van der Waals surface area contributed by atoms with Gasteiger partial charge in [0.2, 0.25) is 5.91 Å². The first-order valence-electron chi connectivity index (χ1n) is 8.83. The lowest BCUT2D eigenvalue weighted by molar-refractivity contribution is -0.122. The van der Waals surface area contributed by atoms with Crippen molar-refractivity contribution in [2.75, 3.05) is 6.54 Å². The molecular weight excluding hydrogens is 332 g/mol. The molecule has 2 N–H and O–H groups in total. The molecule has 0 bridgehead atoms. The Morgan fingerprint density at radius 2 is 2.08 bits per heavy atom.